The first kappa shape index (κ1) is 13.1. The van der Waals surface area contributed by atoms with E-state index in [0.717, 1.165) is 6.07 Å². The molecule has 0 aliphatic rings. The third-order valence-corrected chi connectivity index (χ3v) is 2.50. The molecule has 0 bridgehead atoms. The Morgan fingerprint density at radius 2 is 1.68 bits per heavy atom. The molecule has 1 amide bonds. The Morgan fingerprint density at radius 3 is 2.21 bits per heavy atom. The molecule has 0 atom stereocenters. The zero-order valence-electron chi connectivity index (χ0n) is 9.61. The zero-order valence-corrected chi connectivity index (χ0v) is 9.61. The highest BCUT2D eigenvalue weighted by atomic mass is 19.4. The van der Waals surface area contributed by atoms with Gasteiger partial charge in [0.15, 0.2) is 0 Å². The minimum atomic E-state index is -4.61. The molecule has 0 unspecified atom stereocenters. The first-order chi connectivity index (χ1) is 8.89. The Hall–Kier alpha value is -2.37. The second kappa shape index (κ2) is 4.72. The van der Waals surface area contributed by atoms with Gasteiger partial charge in [-0.25, -0.2) is 4.98 Å². The lowest BCUT2D eigenvalue weighted by molar-refractivity contribution is -0.141. The van der Waals surface area contributed by atoms with Gasteiger partial charge >= 0.3 is 6.18 Å². The highest BCUT2D eigenvalue weighted by molar-refractivity contribution is 5.97. The van der Waals surface area contributed by atoms with Crippen LogP contribution in [-0.4, -0.2) is 10.9 Å². The number of carbonyl (C=O) groups excluding carboxylic acids is 1. The SMILES string of the molecule is NC(=O)c1nc(C(F)(F)F)ccc1-c1ccccc1. The molecule has 0 aliphatic heterocycles. The molecule has 3 nitrogen and oxygen atoms in total. The van der Waals surface area contributed by atoms with Crippen LogP contribution in [0.5, 0.6) is 0 Å². The number of halogens is 3. The smallest absolute Gasteiger partial charge is 0.364 e. The Morgan fingerprint density at radius 1 is 1.05 bits per heavy atom. The van der Waals surface area contributed by atoms with Gasteiger partial charge in [0, 0.05) is 5.56 Å². The maximum atomic E-state index is 12.6. The molecule has 6 heteroatoms. The number of nitrogens with two attached hydrogens (primary N) is 1. The van der Waals surface area contributed by atoms with Gasteiger partial charge in [-0.15, -0.1) is 0 Å². The Balaban J connectivity index is 2.61. The van der Waals surface area contributed by atoms with Crippen LogP contribution in [0.25, 0.3) is 11.1 Å². The fraction of sp³-hybridized carbons (Fsp3) is 0.0769. The quantitative estimate of drug-likeness (QED) is 0.908. The van der Waals surface area contributed by atoms with Crippen molar-refractivity contribution >= 4 is 5.91 Å². The van der Waals surface area contributed by atoms with Crippen molar-refractivity contribution in [1.29, 1.82) is 0 Å². The summed E-state index contributed by atoms with van der Waals surface area (Å²) in [4.78, 5) is 14.6. The third-order valence-electron chi connectivity index (χ3n) is 2.50. The summed E-state index contributed by atoms with van der Waals surface area (Å²) in [6.45, 7) is 0. The van der Waals surface area contributed by atoms with Crippen LogP contribution in [0, 0.1) is 0 Å². The molecular weight excluding hydrogens is 257 g/mol. The predicted molar refractivity (Wildman–Crippen MR) is 63.2 cm³/mol. The maximum absolute atomic E-state index is 12.6. The molecular formula is C13H9F3N2O. The molecule has 0 radical (unpaired) electrons. The van der Waals surface area contributed by atoms with E-state index in [9.17, 15) is 18.0 Å². The van der Waals surface area contributed by atoms with Crippen molar-refractivity contribution < 1.29 is 18.0 Å². The number of hydrogen-bond acceptors (Lipinski definition) is 2. The number of primary amides is 1. The molecule has 19 heavy (non-hydrogen) atoms. The second-order valence-electron chi connectivity index (χ2n) is 3.82. The average Bonchev–Trinajstić information content (AvgIpc) is 2.38. The number of pyridine rings is 1. The van der Waals surface area contributed by atoms with Gasteiger partial charge in [0.1, 0.15) is 11.4 Å². The molecule has 1 aromatic heterocycles. The minimum absolute atomic E-state index is 0.279. The van der Waals surface area contributed by atoms with Crippen molar-refractivity contribution in [2.75, 3.05) is 0 Å². The average molecular weight is 266 g/mol. The first-order valence-corrected chi connectivity index (χ1v) is 5.33. The van der Waals surface area contributed by atoms with Gasteiger partial charge in [0.05, 0.1) is 0 Å². The van der Waals surface area contributed by atoms with E-state index in [1.807, 2.05) is 0 Å². The number of amides is 1. The second-order valence-corrected chi connectivity index (χ2v) is 3.82. The number of alkyl halides is 3. The molecule has 0 aliphatic carbocycles. The number of carbonyl (C=O) groups is 1. The molecule has 1 heterocycles. The van der Waals surface area contributed by atoms with E-state index in [-0.39, 0.29) is 11.3 Å². The van der Waals surface area contributed by atoms with Gasteiger partial charge < -0.3 is 5.73 Å². The summed E-state index contributed by atoms with van der Waals surface area (Å²) >= 11 is 0. The van der Waals surface area contributed by atoms with Crippen molar-refractivity contribution in [2.45, 2.75) is 6.18 Å². The van der Waals surface area contributed by atoms with Crippen molar-refractivity contribution in [3.05, 3.63) is 53.9 Å². The van der Waals surface area contributed by atoms with Crippen LogP contribution < -0.4 is 5.73 Å². The van der Waals surface area contributed by atoms with Crippen molar-refractivity contribution in [1.82, 2.24) is 4.98 Å². The number of rotatable bonds is 2. The molecule has 0 saturated carbocycles. The van der Waals surface area contributed by atoms with Crippen molar-refractivity contribution in [2.24, 2.45) is 5.73 Å². The third kappa shape index (κ3) is 2.73. The van der Waals surface area contributed by atoms with Crippen molar-refractivity contribution in [3.63, 3.8) is 0 Å². The standard InChI is InChI=1S/C13H9F3N2O/c14-13(15,16)10-7-6-9(11(18-10)12(17)19)8-4-2-1-3-5-8/h1-7H,(H2,17,19). The van der Waals surface area contributed by atoms with Crippen molar-refractivity contribution in [3.8, 4) is 11.1 Å². The molecule has 2 rings (SSSR count). The largest absolute Gasteiger partial charge is 0.433 e. The summed E-state index contributed by atoms with van der Waals surface area (Å²) in [5.74, 6) is -0.995. The van der Waals surface area contributed by atoms with Crippen LogP contribution in [0.2, 0.25) is 0 Å². The number of aromatic nitrogens is 1. The minimum Gasteiger partial charge on any atom is -0.364 e. The van der Waals surface area contributed by atoms with Crippen LogP contribution in [0.3, 0.4) is 0 Å². The Labute approximate surface area is 106 Å². The van der Waals surface area contributed by atoms with E-state index in [1.165, 1.54) is 6.07 Å². The monoisotopic (exact) mass is 266 g/mol. The number of benzene rings is 1. The van der Waals surface area contributed by atoms with E-state index in [4.69, 9.17) is 5.73 Å². The molecule has 98 valence electrons. The number of nitrogens with zero attached hydrogens (tertiary/aromatic N) is 1. The summed E-state index contributed by atoms with van der Waals surface area (Å²) in [6.07, 6.45) is -4.61. The van der Waals surface area contributed by atoms with E-state index < -0.39 is 17.8 Å². The van der Waals surface area contributed by atoms with Gasteiger partial charge in [-0.1, -0.05) is 30.3 Å². The van der Waals surface area contributed by atoms with Gasteiger partial charge in [0.2, 0.25) is 0 Å². The molecule has 2 N–H and O–H groups in total. The van der Waals surface area contributed by atoms with Gasteiger partial charge in [-0.3, -0.25) is 4.79 Å². The topological polar surface area (TPSA) is 56.0 Å². The van der Waals surface area contributed by atoms with Crippen LogP contribution in [0.15, 0.2) is 42.5 Å². The lowest BCUT2D eigenvalue weighted by atomic mass is 10.0. The fourth-order valence-corrected chi connectivity index (χ4v) is 1.66. The highest BCUT2D eigenvalue weighted by Gasteiger charge is 2.33. The lowest BCUT2D eigenvalue weighted by Crippen LogP contribution is -2.18. The summed E-state index contributed by atoms with van der Waals surface area (Å²) < 4.78 is 37.7. The van der Waals surface area contributed by atoms with Crippen LogP contribution >= 0.6 is 0 Å². The molecule has 0 fully saturated rings. The Bertz CT molecular complexity index is 609. The first-order valence-electron chi connectivity index (χ1n) is 5.33. The van der Waals surface area contributed by atoms with E-state index in [2.05, 4.69) is 4.98 Å². The molecule has 0 spiro atoms. The highest BCUT2D eigenvalue weighted by Crippen LogP contribution is 2.30. The van der Waals surface area contributed by atoms with Crippen LogP contribution in [0.1, 0.15) is 16.2 Å². The Kier molecular flexibility index (Phi) is 3.25. The van der Waals surface area contributed by atoms with Gasteiger partial charge in [-0.2, -0.15) is 13.2 Å². The van der Waals surface area contributed by atoms with E-state index in [1.54, 1.807) is 30.3 Å². The normalized spacial score (nSPS) is 11.3. The van der Waals surface area contributed by atoms with Gasteiger partial charge in [-0.05, 0) is 17.7 Å². The summed E-state index contributed by atoms with van der Waals surface area (Å²) in [5.41, 5.74) is 4.43. The predicted octanol–water partition coefficient (Wildman–Crippen LogP) is 2.87. The molecule has 2 aromatic rings. The van der Waals surface area contributed by atoms with Gasteiger partial charge in [0.25, 0.3) is 5.91 Å². The van der Waals surface area contributed by atoms with E-state index in [0.29, 0.717) is 5.56 Å². The fourth-order valence-electron chi connectivity index (χ4n) is 1.66. The van der Waals surface area contributed by atoms with E-state index >= 15 is 0 Å². The van der Waals surface area contributed by atoms with Crippen LogP contribution in [-0.2, 0) is 6.18 Å². The lowest BCUT2D eigenvalue weighted by Gasteiger charge is -2.10. The zero-order chi connectivity index (χ0) is 14.0. The molecule has 0 saturated heterocycles. The molecule has 1 aromatic carbocycles. The maximum Gasteiger partial charge on any atom is 0.433 e. The number of hydrogen-bond donors (Lipinski definition) is 1. The summed E-state index contributed by atoms with van der Waals surface area (Å²) in [5, 5.41) is 0. The van der Waals surface area contributed by atoms with Crippen LogP contribution in [0.4, 0.5) is 13.2 Å². The summed E-state index contributed by atoms with van der Waals surface area (Å²) in [7, 11) is 0. The summed E-state index contributed by atoms with van der Waals surface area (Å²) in [6, 6.07) is 10.5.